The molecule has 1 aliphatic rings. The van der Waals surface area contributed by atoms with Crippen molar-refractivity contribution < 1.29 is 9.84 Å². The second kappa shape index (κ2) is 8.03. The summed E-state index contributed by atoms with van der Waals surface area (Å²) in [6.07, 6.45) is 4.47. The molecule has 1 rings (SSSR count). The minimum absolute atomic E-state index is 0.0892. The van der Waals surface area contributed by atoms with E-state index >= 15 is 0 Å². The van der Waals surface area contributed by atoms with Gasteiger partial charge in [-0.2, -0.15) is 0 Å². The Balaban J connectivity index is 2.49. The van der Waals surface area contributed by atoms with Crippen LogP contribution in [0.2, 0.25) is 0 Å². The Bertz CT molecular complexity index is 200. The molecule has 0 amide bonds. The third-order valence-corrected chi connectivity index (χ3v) is 3.73. The molecule has 17 heavy (non-hydrogen) atoms. The first-order valence-electron chi connectivity index (χ1n) is 6.82. The summed E-state index contributed by atoms with van der Waals surface area (Å²) >= 11 is 0. The normalized spacial score (nSPS) is 25.8. The summed E-state index contributed by atoms with van der Waals surface area (Å²) in [4.78, 5) is 2.35. The number of piperidine rings is 1. The Labute approximate surface area is 105 Å². The van der Waals surface area contributed by atoms with Gasteiger partial charge in [0.1, 0.15) is 0 Å². The van der Waals surface area contributed by atoms with Crippen LogP contribution < -0.4 is 5.73 Å². The number of hydrogen-bond donors (Lipinski definition) is 2. The van der Waals surface area contributed by atoms with Crippen molar-refractivity contribution in [2.24, 2.45) is 11.7 Å². The van der Waals surface area contributed by atoms with Crippen molar-refractivity contribution in [1.29, 1.82) is 0 Å². The Kier molecular flexibility index (Phi) is 7.04. The van der Waals surface area contributed by atoms with Crippen molar-refractivity contribution in [3.8, 4) is 0 Å². The van der Waals surface area contributed by atoms with Crippen molar-refractivity contribution in [3.05, 3.63) is 0 Å². The molecule has 0 bridgehead atoms. The number of methoxy groups -OCH3 is 1. The Morgan fingerprint density at radius 2 is 2.29 bits per heavy atom. The molecule has 4 nitrogen and oxygen atoms in total. The lowest BCUT2D eigenvalue weighted by molar-refractivity contribution is 0.0373. The zero-order chi connectivity index (χ0) is 12.7. The molecule has 0 aromatic carbocycles. The van der Waals surface area contributed by atoms with Gasteiger partial charge in [0.05, 0.1) is 13.2 Å². The summed E-state index contributed by atoms with van der Waals surface area (Å²) in [6.45, 7) is 5.19. The fraction of sp³-hybridized carbons (Fsp3) is 1.00. The number of nitrogens with zero attached hydrogens (tertiary/aromatic N) is 1. The second-order valence-corrected chi connectivity index (χ2v) is 5.16. The van der Waals surface area contributed by atoms with E-state index in [1.807, 2.05) is 0 Å². The number of aliphatic hydroxyl groups excluding tert-OH is 1. The lowest BCUT2D eigenvalue weighted by Gasteiger charge is -2.39. The van der Waals surface area contributed by atoms with E-state index < -0.39 is 0 Å². The maximum Gasteiger partial charge on any atom is 0.0601 e. The Morgan fingerprint density at radius 1 is 1.53 bits per heavy atom. The van der Waals surface area contributed by atoms with Gasteiger partial charge in [-0.15, -0.1) is 0 Å². The summed E-state index contributed by atoms with van der Waals surface area (Å²) in [6, 6.07) is 0.209. The molecule has 0 aromatic heterocycles. The van der Waals surface area contributed by atoms with Crippen LogP contribution in [0.3, 0.4) is 0 Å². The Hall–Kier alpha value is -0.160. The third-order valence-electron chi connectivity index (χ3n) is 3.73. The number of hydrogen-bond acceptors (Lipinski definition) is 4. The first-order valence-corrected chi connectivity index (χ1v) is 6.82. The maximum atomic E-state index is 9.54. The Morgan fingerprint density at radius 3 is 2.88 bits per heavy atom. The molecule has 0 aliphatic carbocycles. The van der Waals surface area contributed by atoms with E-state index in [1.54, 1.807) is 7.11 Å². The third kappa shape index (κ3) is 4.54. The standard InChI is InChI=1S/C13H28N2O2/c1-3-5-12(14)13(9-16)15-7-4-6-11(8-15)10-17-2/h11-13,16H,3-10,14H2,1-2H3. The van der Waals surface area contributed by atoms with Gasteiger partial charge in [0.25, 0.3) is 0 Å². The van der Waals surface area contributed by atoms with Crippen LogP contribution in [-0.4, -0.2) is 55.5 Å². The van der Waals surface area contributed by atoms with Gasteiger partial charge in [0, 0.05) is 25.7 Å². The van der Waals surface area contributed by atoms with Crippen LogP contribution in [0.15, 0.2) is 0 Å². The van der Waals surface area contributed by atoms with E-state index in [2.05, 4.69) is 11.8 Å². The van der Waals surface area contributed by atoms with Crippen LogP contribution in [0, 0.1) is 5.92 Å². The van der Waals surface area contributed by atoms with Gasteiger partial charge in [-0.1, -0.05) is 13.3 Å². The summed E-state index contributed by atoms with van der Waals surface area (Å²) in [5.74, 6) is 0.594. The zero-order valence-corrected chi connectivity index (χ0v) is 11.3. The SMILES string of the molecule is CCCC(N)C(CO)N1CCCC(COC)C1. The van der Waals surface area contributed by atoms with Gasteiger partial charge < -0.3 is 15.6 Å². The van der Waals surface area contributed by atoms with Crippen LogP contribution >= 0.6 is 0 Å². The van der Waals surface area contributed by atoms with Crippen molar-refractivity contribution in [1.82, 2.24) is 4.90 Å². The zero-order valence-electron chi connectivity index (χ0n) is 11.3. The van der Waals surface area contributed by atoms with Crippen LogP contribution in [0.25, 0.3) is 0 Å². The van der Waals surface area contributed by atoms with E-state index in [-0.39, 0.29) is 18.7 Å². The van der Waals surface area contributed by atoms with Gasteiger partial charge in [0.15, 0.2) is 0 Å². The van der Waals surface area contributed by atoms with Crippen molar-refractivity contribution in [2.45, 2.75) is 44.7 Å². The van der Waals surface area contributed by atoms with Gasteiger partial charge in [-0.25, -0.2) is 0 Å². The molecule has 1 heterocycles. The van der Waals surface area contributed by atoms with Gasteiger partial charge in [0.2, 0.25) is 0 Å². The molecule has 3 atom stereocenters. The monoisotopic (exact) mass is 244 g/mol. The molecule has 1 aliphatic heterocycles. The number of ether oxygens (including phenoxy) is 1. The quantitative estimate of drug-likeness (QED) is 0.696. The highest BCUT2D eigenvalue weighted by Crippen LogP contribution is 2.20. The van der Waals surface area contributed by atoms with Crippen molar-refractivity contribution in [2.75, 3.05) is 33.4 Å². The van der Waals surface area contributed by atoms with Crippen molar-refractivity contribution in [3.63, 3.8) is 0 Å². The fourth-order valence-corrected chi connectivity index (χ4v) is 2.82. The molecule has 0 saturated carbocycles. The van der Waals surface area contributed by atoms with E-state index in [0.717, 1.165) is 32.5 Å². The molecular weight excluding hydrogens is 216 g/mol. The highest BCUT2D eigenvalue weighted by atomic mass is 16.5. The molecule has 0 aromatic rings. The van der Waals surface area contributed by atoms with Crippen molar-refractivity contribution >= 4 is 0 Å². The van der Waals surface area contributed by atoms with Gasteiger partial charge in [-0.3, -0.25) is 4.90 Å². The topological polar surface area (TPSA) is 58.7 Å². The highest BCUT2D eigenvalue weighted by Gasteiger charge is 2.28. The van der Waals surface area contributed by atoms with E-state index in [0.29, 0.717) is 5.92 Å². The van der Waals surface area contributed by atoms with E-state index in [1.165, 1.54) is 12.8 Å². The summed E-state index contributed by atoms with van der Waals surface area (Å²) < 4.78 is 5.23. The molecule has 3 N–H and O–H groups in total. The predicted octanol–water partition coefficient (Wildman–Crippen LogP) is 0.833. The largest absolute Gasteiger partial charge is 0.395 e. The average Bonchev–Trinajstić information content (AvgIpc) is 2.31. The van der Waals surface area contributed by atoms with Crippen LogP contribution in [-0.2, 0) is 4.74 Å². The average molecular weight is 244 g/mol. The van der Waals surface area contributed by atoms with Crippen LogP contribution in [0.5, 0.6) is 0 Å². The smallest absolute Gasteiger partial charge is 0.0601 e. The van der Waals surface area contributed by atoms with E-state index in [4.69, 9.17) is 10.5 Å². The molecule has 0 spiro atoms. The highest BCUT2D eigenvalue weighted by molar-refractivity contribution is 4.85. The molecule has 4 heteroatoms. The molecular formula is C13H28N2O2. The van der Waals surface area contributed by atoms with Crippen LogP contribution in [0.4, 0.5) is 0 Å². The molecule has 1 fully saturated rings. The lowest BCUT2D eigenvalue weighted by atomic mass is 9.94. The summed E-state index contributed by atoms with van der Waals surface area (Å²) in [7, 11) is 1.76. The molecule has 3 unspecified atom stereocenters. The second-order valence-electron chi connectivity index (χ2n) is 5.16. The minimum Gasteiger partial charge on any atom is -0.395 e. The molecule has 102 valence electrons. The maximum absolute atomic E-state index is 9.54. The minimum atomic E-state index is 0.0892. The number of nitrogens with two attached hydrogens (primary N) is 1. The lowest BCUT2D eigenvalue weighted by Crippen LogP contribution is -2.53. The number of likely N-dealkylation sites (tertiary alicyclic amines) is 1. The molecule has 1 saturated heterocycles. The van der Waals surface area contributed by atoms with Crippen LogP contribution in [0.1, 0.15) is 32.6 Å². The predicted molar refractivity (Wildman–Crippen MR) is 69.9 cm³/mol. The first-order chi connectivity index (χ1) is 8.22. The van der Waals surface area contributed by atoms with Gasteiger partial charge in [-0.05, 0) is 31.7 Å². The fourth-order valence-electron chi connectivity index (χ4n) is 2.82. The number of rotatable bonds is 7. The van der Waals surface area contributed by atoms with Gasteiger partial charge >= 0.3 is 0 Å². The molecule has 0 radical (unpaired) electrons. The first kappa shape index (κ1) is 14.9. The number of aliphatic hydroxyl groups is 1. The summed E-state index contributed by atoms with van der Waals surface area (Å²) in [5, 5.41) is 9.54. The van der Waals surface area contributed by atoms with E-state index in [9.17, 15) is 5.11 Å². The summed E-state index contributed by atoms with van der Waals surface area (Å²) in [5.41, 5.74) is 6.16.